The van der Waals surface area contributed by atoms with Gasteiger partial charge in [0.1, 0.15) is 6.07 Å². The second-order valence-electron chi connectivity index (χ2n) is 2.85. The van der Waals surface area contributed by atoms with Crippen LogP contribution in [-0.2, 0) is 6.42 Å². The van der Waals surface area contributed by atoms with Crippen LogP contribution in [0.2, 0.25) is 0 Å². The van der Waals surface area contributed by atoms with E-state index < -0.39 is 0 Å². The average Bonchev–Trinajstić information content (AvgIpc) is 2.63. The van der Waals surface area contributed by atoms with E-state index in [0.29, 0.717) is 5.56 Å². The molecule has 0 saturated carbocycles. The maximum absolute atomic E-state index is 8.96. The van der Waals surface area contributed by atoms with Crippen molar-refractivity contribution in [1.29, 1.82) is 5.26 Å². The van der Waals surface area contributed by atoms with Crippen LogP contribution in [0.25, 0.3) is 10.9 Å². The van der Waals surface area contributed by atoms with Gasteiger partial charge in [0, 0.05) is 17.8 Å². The van der Waals surface area contributed by atoms with E-state index in [9.17, 15) is 0 Å². The number of aromatic amines is 1. The van der Waals surface area contributed by atoms with Crippen molar-refractivity contribution in [2.75, 3.05) is 0 Å². The maximum atomic E-state index is 8.96. The SMILES string of the molecule is CCc1ncc2cc[nH]c2c1C#N. The lowest BCUT2D eigenvalue weighted by Gasteiger charge is -1.99. The number of hydrogen-bond donors (Lipinski definition) is 1. The lowest BCUT2D eigenvalue weighted by atomic mass is 10.1. The summed E-state index contributed by atoms with van der Waals surface area (Å²) in [6.45, 7) is 2.00. The normalized spacial score (nSPS) is 10.2. The molecule has 0 fully saturated rings. The van der Waals surface area contributed by atoms with Crippen LogP contribution in [0.15, 0.2) is 18.5 Å². The van der Waals surface area contributed by atoms with Crippen molar-refractivity contribution >= 4 is 10.9 Å². The molecule has 3 nitrogen and oxygen atoms in total. The van der Waals surface area contributed by atoms with Gasteiger partial charge < -0.3 is 4.98 Å². The van der Waals surface area contributed by atoms with Gasteiger partial charge in [-0.2, -0.15) is 5.26 Å². The topological polar surface area (TPSA) is 52.5 Å². The van der Waals surface area contributed by atoms with E-state index in [-0.39, 0.29) is 0 Å². The number of H-pyrrole nitrogens is 1. The van der Waals surface area contributed by atoms with Crippen molar-refractivity contribution in [2.45, 2.75) is 13.3 Å². The van der Waals surface area contributed by atoms with E-state index in [1.54, 1.807) is 6.20 Å². The molecule has 0 radical (unpaired) electrons. The first-order valence-corrected chi connectivity index (χ1v) is 4.22. The zero-order valence-electron chi connectivity index (χ0n) is 7.33. The van der Waals surface area contributed by atoms with Gasteiger partial charge in [-0.25, -0.2) is 0 Å². The first-order valence-electron chi connectivity index (χ1n) is 4.22. The molecule has 2 heterocycles. The summed E-state index contributed by atoms with van der Waals surface area (Å²) in [6.07, 6.45) is 4.41. The molecule has 0 amide bonds. The Kier molecular flexibility index (Phi) is 1.75. The minimum Gasteiger partial charge on any atom is -0.360 e. The second kappa shape index (κ2) is 2.91. The number of rotatable bonds is 1. The van der Waals surface area contributed by atoms with Gasteiger partial charge in [0.15, 0.2) is 0 Å². The van der Waals surface area contributed by atoms with Crippen molar-refractivity contribution in [3.05, 3.63) is 29.7 Å². The van der Waals surface area contributed by atoms with Crippen LogP contribution >= 0.6 is 0 Å². The van der Waals surface area contributed by atoms with Gasteiger partial charge in [0.05, 0.1) is 16.8 Å². The van der Waals surface area contributed by atoms with Crippen LogP contribution < -0.4 is 0 Å². The van der Waals surface area contributed by atoms with E-state index >= 15 is 0 Å². The smallest absolute Gasteiger partial charge is 0.103 e. The standard InChI is InChI=1S/C10H9N3/c1-2-9-8(5-11)10-7(6-13-9)3-4-12-10/h3-4,6,12H,2H2,1H3. The highest BCUT2D eigenvalue weighted by Crippen LogP contribution is 2.18. The highest BCUT2D eigenvalue weighted by Gasteiger charge is 2.07. The lowest BCUT2D eigenvalue weighted by Crippen LogP contribution is -1.92. The molecule has 2 aromatic heterocycles. The van der Waals surface area contributed by atoms with E-state index in [2.05, 4.69) is 16.0 Å². The molecule has 0 aromatic carbocycles. The van der Waals surface area contributed by atoms with Gasteiger partial charge in [0.2, 0.25) is 0 Å². The fourth-order valence-corrected chi connectivity index (χ4v) is 1.45. The molecule has 3 heteroatoms. The second-order valence-corrected chi connectivity index (χ2v) is 2.85. The number of nitrogens with zero attached hydrogens (tertiary/aromatic N) is 2. The van der Waals surface area contributed by atoms with Crippen molar-refractivity contribution in [3.63, 3.8) is 0 Å². The van der Waals surface area contributed by atoms with E-state index in [1.807, 2.05) is 19.2 Å². The number of hydrogen-bond acceptors (Lipinski definition) is 2. The Hall–Kier alpha value is -1.82. The van der Waals surface area contributed by atoms with Crippen molar-refractivity contribution in [2.24, 2.45) is 0 Å². The summed E-state index contributed by atoms with van der Waals surface area (Å²) in [5.74, 6) is 0. The molecule has 0 saturated heterocycles. The third-order valence-electron chi connectivity index (χ3n) is 2.12. The largest absolute Gasteiger partial charge is 0.360 e. The van der Waals surface area contributed by atoms with Gasteiger partial charge in [-0.05, 0) is 12.5 Å². The van der Waals surface area contributed by atoms with Gasteiger partial charge in [0.25, 0.3) is 0 Å². The van der Waals surface area contributed by atoms with Crippen LogP contribution in [0.3, 0.4) is 0 Å². The summed E-state index contributed by atoms with van der Waals surface area (Å²) in [7, 11) is 0. The Morgan fingerprint density at radius 2 is 2.46 bits per heavy atom. The van der Waals surface area contributed by atoms with Gasteiger partial charge in [-0.3, -0.25) is 4.98 Å². The molecule has 0 aliphatic carbocycles. The molecule has 64 valence electrons. The summed E-state index contributed by atoms with van der Waals surface area (Å²) in [5.41, 5.74) is 2.43. The summed E-state index contributed by atoms with van der Waals surface area (Å²) in [6, 6.07) is 4.10. The van der Waals surface area contributed by atoms with E-state index in [4.69, 9.17) is 5.26 Å². The van der Waals surface area contributed by atoms with E-state index in [0.717, 1.165) is 23.0 Å². The molecule has 1 N–H and O–H groups in total. The van der Waals surface area contributed by atoms with Crippen LogP contribution in [0.1, 0.15) is 18.2 Å². The first kappa shape index (κ1) is 7.81. The molecule has 0 unspecified atom stereocenters. The Morgan fingerprint density at radius 3 is 3.15 bits per heavy atom. The number of pyridine rings is 1. The fourth-order valence-electron chi connectivity index (χ4n) is 1.45. The summed E-state index contributed by atoms with van der Waals surface area (Å²) < 4.78 is 0. The quantitative estimate of drug-likeness (QED) is 0.713. The zero-order chi connectivity index (χ0) is 9.26. The number of aryl methyl sites for hydroxylation is 1. The molecular formula is C10H9N3. The molecule has 0 spiro atoms. The Bertz CT molecular complexity index is 476. The van der Waals surface area contributed by atoms with Crippen LogP contribution in [0.4, 0.5) is 0 Å². The van der Waals surface area contributed by atoms with Crippen LogP contribution in [0, 0.1) is 11.3 Å². The third kappa shape index (κ3) is 1.07. The first-order chi connectivity index (χ1) is 6.36. The summed E-state index contributed by atoms with van der Waals surface area (Å²) in [4.78, 5) is 7.28. The van der Waals surface area contributed by atoms with Crippen LogP contribution in [-0.4, -0.2) is 9.97 Å². The molecule has 0 atom stereocenters. The van der Waals surface area contributed by atoms with Gasteiger partial charge in [-0.15, -0.1) is 0 Å². The summed E-state index contributed by atoms with van der Waals surface area (Å²) in [5, 5.41) is 9.95. The molecule has 0 aliphatic heterocycles. The zero-order valence-corrected chi connectivity index (χ0v) is 7.33. The summed E-state index contributed by atoms with van der Waals surface area (Å²) >= 11 is 0. The van der Waals surface area contributed by atoms with Gasteiger partial charge >= 0.3 is 0 Å². The molecule has 2 aromatic rings. The number of fused-ring (bicyclic) bond motifs is 1. The molecular weight excluding hydrogens is 162 g/mol. The van der Waals surface area contributed by atoms with Crippen molar-refractivity contribution in [3.8, 4) is 6.07 Å². The van der Waals surface area contributed by atoms with Crippen molar-refractivity contribution in [1.82, 2.24) is 9.97 Å². The predicted molar refractivity (Wildman–Crippen MR) is 50.2 cm³/mol. The van der Waals surface area contributed by atoms with E-state index in [1.165, 1.54) is 0 Å². The highest BCUT2D eigenvalue weighted by molar-refractivity contribution is 5.84. The van der Waals surface area contributed by atoms with Crippen LogP contribution in [0.5, 0.6) is 0 Å². The monoisotopic (exact) mass is 171 g/mol. The number of nitrogens with one attached hydrogen (secondary N) is 1. The molecule has 2 rings (SSSR count). The number of nitriles is 1. The Labute approximate surface area is 76.0 Å². The predicted octanol–water partition coefficient (Wildman–Crippen LogP) is 2.00. The van der Waals surface area contributed by atoms with Crippen molar-refractivity contribution < 1.29 is 0 Å². The Morgan fingerprint density at radius 1 is 1.62 bits per heavy atom. The minimum absolute atomic E-state index is 0.671. The third-order valence-corrected chi connectivity index (χ3v) is 2.12. The fraction of sp³-hybridized carbons (Fsp3) is 0.200. The maximum Gasteiger partial charge on any atom is 0.103 e. The lowest BCUT2D eigenvalue weighted by molar-refractivity contribution is 1.03. The highest BCUT2D eigenvalue weighted by atomic mass is 14.7. The molecule has 0 aliphatic rings. The minimum atomic E-state index is 0.671. The van der Waals surface area contributed by atoms with Gasteiger partial charge in [-0.1, -0.05) is 6.92 Å². The average molecular weight is 171 g/mol. The molecule has 13 heavy (non-hydrogen) atoms. The Balaban J connectivity index is 2.84. The number of aromatic nitrogens is 2. The molecule has 0 bridgehead atoms.